The minimum atomic E-state index is -3.66. The first-order valence-corrected chi connectivity index (χ1v) is 11.0. The van der Waals surface area contributed by atoms with Gasteiger partial charge in [-0.2, -0.15) is 0 Å². The minimum Gasteiger partial charge on any atom is -0.462 e. The van der Waals surface area contributed by atoms with Gasteiger partial charge in [0, 0.05) is 0 Å². The summed E-state index contributed by atoms with van der Waals surface area (Å²) in [6, 6.07) is 15.7. The van der Waals surface area contributed by atoms with Gasteiger partial charge in [0.1, 0.15) is 5.54 Å². The quantitative estimate of drug-likeness (QED) is 0.776. The number of aryl methyl sites for hydroxylation is 1. The van der Waals surface area contributed by atoms with Gasteiger partial charge >= 0.3 is 5.97 Å². The molecule has 2 aromatic rings. The maximum absolute atomic E-state index is 13.5. The van der Waals surface area contributed by atoms with Gasteiger partial charge < -0.3 is 4.74 Å². The van der Waals surface area contributed by atoms with Crippen LogP contribution in [0.15, 0.2) is 59.5 Å². The lowest BCUT2D eigenvalue weighted by molar-refractivity contribution is -0.154. The lowest BCUT2D eigenvalue weighted by atomic mass is 9.99. The predicted molar refractivity (Wildman–Crippen MR) is 109 cm³/mol. The molecule has 1 N–H and O–H groups in total. The maximum Gasteiger partial charge on any atom is 0.326 e. The van der Waals surface area contributed by atoms with Crippen LogP contribution in [0, 0.1) is 6.92 Å². The molecule has 3 atom stereocenters. The van der Waals surface area contributed by atoms with Crippen molar-refractivity contribution < 1.29 is 17.9 Å². The number of benzene rings is 2. The van der Waals surface area contributed by atoms with E-state index < -0.39 is 32.6 Å². The Balaban J connectivity index is 2.03. The lowest BCUT2D eigenvalue weighted by Gasteiger charge is -2.25. The molecule has 1 aliphatic heterocycles. The second-order valence-electron chi connectivity index (χ2n) is 7.92. The Morgan fingerprint density at radius 3 is 2.29 bits per heavy atom. The normalized spacial score (nSPS) is 25.0. The summed E-state index contributed by atoms with van der Waals surface area (Å²) in [6.45, 7) is 7.20. The topological polar surface area (TPSA) is 72.5 Å². The van der Waals surface area contributed by atoms with Gasteiger partial charge in [0.2, 0.25) is 0 Å². The second kappa shape index (κ2) is 7.68. The fourth-order valence-electron chi connectivity index (χ4n) is 3.65. The molecule has 1 fully saturated rings. The molecule has 0 amide bonds. The molecule has 0 radical (unpaired) electrons. The van der Waals surface area contributed by atoms with E-state index in [0.29, 0.717) is 0 Å². The third-order valence-electron chi connectivity index (χ3n) is 5.16. The van der Waals surface area contributed by atoms with Crippen molar-refractivity contribution in [2.45, 2.75) is 61.9 Å². The molecule has 0 aromatic heterocycles. The van der Waals surface area contributed by atoms with Crippen LogP contribution in [0.4, 0.5) is 0 Å². The van der Waals surface area contributed by atoms with Crippen molar-refractivity contribution >= 4 is 15.8 Å². The predicted octanol–water partition coefficient (Wildman–Crippen LogP) is 3.58. The molecule has 0 aliphatic carbocycles. The molecular formula is C22H27NO4S. The zero-order chi connectivity index (χ0) is 20.5. The summed E-state index contributed by atoms with van der Waals surface area (Å²) in [7, 11) is -3.66. The number of hydrogen-bond donors (Lipinski definition) is 1. The van der Waals surface area contributed by atoms with Crippen LogP contribution >= 0.6 is 0 Å². The smallest absolute Gasteiger partial charge is 0.326 e. The summed E-state index contributed by atoms with van der Waals surface area (Å²) >= 11 is 0. The first-order chi connectivity index (χ1) is 13.1. The molecule has 1 aliphatic rings. The number of rotatable bonds is 5. The van der Waals surface area contributed by atoms with Gasteiger partial charge in [0.15, 0.2) is 9.84 Å². The molecule has 2 aromatic carbocycles. The van der Waals surface area contributed by atoms with E-state index in [4.69, 9.17) is 4.74 Å². The highest BCUT2D eigenvalue weighted by atomic mass is 32.2. The van der Waals surface area contributed by atoms with E-state index in [9.17, 15) is 13.2 Å². The Hall–Kier alpha value is -2.18. The molecule has 28 heavy (non-hydrogen) atoms. The molecule has 1 saturated heterocycles. The Kier molecular flexibility index (Phi) is 5.64. The van der Waals surface area contributed by atoms with Crippen LogP contribution in [0.1, 0.15) is 44.4 Å². The summed E-state index contributed by atoms with van der Waals surface area (Å²) < 4.78 is 32.3. The number of carbonyl (C=O) groups excluding carboxylic acids is 1. The highest BCUT2D eigenvalue weighted by Gasteiger charge is 2.53. The third-order valence-corrected chi connectivity index (χ3v) is 7.32. The molecule has 3 rings (SSSR count). The van der Waals surface area contributed by atoms with Crippen LogP contribution in [0.25, 0.3) is 0 Å². The Labute approximate surface area is 167 Å². The molecule has 0 saturated carbocycles. The van der Waals surface area contributed by atoms with Crippen LogP contribution in [0.2, 0.25) is 0 Å². The molecular weight excluding hydrogens is 374 g/mol. The standard InChI is InChI=1S/C22H27NO4S/c1-15(2)27-21(24)22(4)14-19(20(23-22)17-8-6-5-7-9-17)28(25,26)18-12-10-16(3)11-13-18/h5-13,15,19-20,23H,14H2,1-4H3/t19-,20+,22+/m1/s1. The largest absolute Gasteiger partial charge is 0.462 e. The van der Waals surface area contributed by atoms with Crippen LogP contribution in [0.5, 0.6) is 0 Å². The maximum atomic E-state index is 13.5. The van der Waals surface area contributed by atoms with Crippen molar-refractivity contribution in [2.75, 3.05) is 0 Å². The zero-order valence-corrected chi connectivity index (χ0v) is 17.5. The minimum absolute atomic E-state index is 0.147. The van der Waals surface area contributed by atoms with Gasteiger partial charge in [-0.15, -0.1) is 0 Å². The number of sulfone groups is 1. The van der Waals surface area contributed by atoms with Gasteiger partial charge in [-0.05, 0) is 51.8 Å². The van der Waals surface area contributed by atoms with Crippen LogP contribution < -0.4 is 5.32 Å². The van der Waals surface area contributed by atoms with E-state index in [1.54, 1.807) is 45.0 Å². The highest BCUT2D eigenvalue weighted by molar-refractivity contribution is 7.92. The number of esters is 1. The Morgan fingerprint density at radius 2 is 1.71 bits per heavy atom. The SMILES string of the molecule is Cc1ccc(S(=O)(=O)[C@@H]2C[C@@](C)(C(=O)OC(C)C)N[C@H]2c2ccccc2)cc1. The summed E-state index contributed by atoms with van der Waals surface area (Å²) in [5.74, 6) is -0.426. The molecule has 0 bridgehead atoms. The first-order valence-electron chi connectivity index (χ1n) is 9.48. The van der Waals surface area contributed by atoms with Crippen molar-refractivity contribution in [3.63, 3.8) is 0 Å². The number of ether oxygens (including phenoxy) is 1. The number of nitrogens with one attached hydrogen (secondary N) is 1. The summed E-state index contributed by atoms with van der Waals surface area (Å²) in [6.07, 6.45) is -0.122. The summed E-state index contributed by atoms with van der Waals surface area (Å²) in [4.78, 5) is 13.0. The monoisotopic (exact) mass is 401 g/mol. The van der Waals surface area contributed by atoms with E-state index in [2.05, 4.69) is 5.32 Å². The van der Waals surface area contributed by atoms with Crippen LogP contribution in [-0.2, 0) is 19.4 Å². The van der Waals surface area contributed by atoms with Gasteiger partial charge in [-0.25, -0.2) is 8.42 Å². The highest BCUT2D eigenvalue weighted by Crippen LogP contribution is 2.40. The van der Waals surface area contributed by atoms with Gasteiger partial charge in [0.25, 0.3) is 0 Å². The molecule has 5 nitrogen and oxygen atoms in total. The fourth-order valence-corrected chi connectivity index (χ4v) is 5.65. The van der Waals surface area contributed by atoms with Crippen molar-refractivity contribution in [3.8, 4) is 0 Å². The summed E-state index contributed by atoms with van der Waals surface area (Å²) in [5.41, 5.74) is 0.755. The van der Waals surface area contributed by atoms with Crippen molar-refractivity contribution in [2.24, 2.45) is 0 Å². The molecule has 1 heterocycles. The van der Waals surface area contributed by atoms with Crippen molar-refractivity contribution in [3.05, 3.63) is 65.7 Å². The van der Waals surface area contributed by atoms with Crippen LogP contribution in [-0.4, -0.2) is 31.3 Å². The van der Waals surface area contributed by atoms with E-state index in [-0.39, 0.29) is 17.4 Å². The van der Waals surface area contributed by atoms with E-state index in [0.717, 1.165) is 11.1 Å². The van der Waals surface area contributed by atoms with Crippen molar-refractivity contribution in [1.82, 2.24) is 5.32 Å². The number of carbonyl (C=O) groups is 1. The zero-order valence-electron chi connectivity index (χ0n) is 16.7. The average Bonchev–Trinajstić information content (AvgIpc) is 3.02. The van der Waals surface area contributed by atoms with E-state index in [1.807, 2.05) is 37.3 Å². The molecule has 150 valence electrons. The summed E-state index contributed by atoms with van der Waals surface area (Å²) in [5, 5.41) is 2.50. The average molecular weight is 402 g/mol. The fraction of sp³-hybridized carbons (Fsp3) is 0.409. The molecule has 6 heteroatoms. The first kappa shape index (κ1) is 20.6. The molecule has 0 spiro atoms. The van der Waals surface area contributed by atoms with E-state index >= 15 is 0 Å². The Bertz CT molecular complexity index is 938. The van der Waals surface area contributed by atoms with Crippen molar-refractivity contribution in [1.29, 1.82) is 0 Å². The van der Waals surface area contributed by atoms with Crippen LogP contribution in [0.3, 0.4) is 0 Å². The second-order valence-corrected chi connectivity index (χ2v) is 10.1. The third kappa shape index (κ3) is 3.98. The number of hydrogen-bond acceptors (Lipinski definition) is 5. The van der Waals surface area contributed by atoms with Gasteiger partial charge in [-0.3, -0.25) is 10.1 Å². The Morgan fingerprint density at radius 1 is 1.11 bits per heavy atom. The van der Waals surface area contributed by atoms with Gasteiger partial charge in [0.05, 0.1) is 22.3 Å². The van der Waals surface area contributed by atoms with Gasteiger partial charge in [-0.1, -0.05) is 48.0 Å². The lowest BCUT2D eigenvalue weighted by Crippen LogP contribution is -2.47. The molecule has 0 unspecified atom stereocenters. The van der Waals surface area contributed by atoms with E-state index in [1.165, 1.54) is 0 Å².